The van der Waals surface area contributed by atoms with Crippen LogP contribution in [0.3, 0.4) is 0 Å². The van der Waals surface area contributed by atoms with Gasteiger partial charge in [0.2, 0.25) is 6.10 Å². The van der Waals surface area contributed by atoms with Crippen LogP contribution >= 0.6 is 11.6 Å². The summed E-state index contributed by atoms with van der Waals surface area (Å²) >= 11 is 6.02. The molecule has 0 saturated carbocycles. The minimum atomic E-state index is -4.89. The van der Waals surface area contributed by atoms with Crippen LogP contribution < -0.4 is 9.47 Å². The molecule has 1 unspecified atom stereocenters. The first-order chi connectivity index (χ1) is 10.7. The molecule has 1 heterocycles. The van der Waals surface area contributed by atoms with Gasteiger partial charge in [0.15, 0.2) is 0 Å². The first kappa shape index (κ1) is 17.4. The van der Waals surface area contributed by atoms with E-state index in [-0.39, 0.29) is 34.3 Å². The number of carboxylic acid groups (broad SMARTS) is 1. The van der Waals surface area contributed by atoms with Gasteiger partial charge in [-0.1, -0.05) is 11.6 Å². The number of methoxy groups -OCH3 is 2. The number of aliphatic carboxylic acids is 1. The summed E-state index contributed by atoms with van der Waals surface area (Å²) in [5, 5.41) is 9.11. The smallest absolute Gasteiger partial charge is 0.430 e. The molecule has 5 nitrogen and oxygen atoms in total. The van der Waals surface area contributed by atoms with Gasteiger partial charge in [0.05, 0.1) is 29.9 Å². The molecule has 1 aliphatic heterocycles. The van der Waals surface area contributed by atoms with Crippen LogP contribution in [0.5, 0.6) is 11.5 Å². The maximum Gasteiger partial charge on any atom is 0.430 e. The summed E-state index contributed by atoms with van der Waals surface area (Å²) in [4.78, 5) is 11.1. The number of halogens is 4. The van der Waals surface area contributed by atoms with Crippen molar-refractivity contribution in [3.05, 3.63) is 27.8 Å². The fourth-order valence-corrected chi connectivity index (χ4v) is 2.58. The molecule has 23 heavy (non-hydrogen) atoms. The third-order valence-electron chi connectivity index (χ3n) is 3.18. The number of hydrogen-bond acceptors (Lipinski definition) is 4. The molecule has 0 spiro atoms. The van der Waals surface area contributed by atoms with Crippen molar-refractivity contribution in [1.29, 1.82) is 0 Å². The van der Waals surface area contributed by atoms with Crippen LogP contribution in [0.15, 0.2) is 11.6 Å². The lowest BCUT2D eigenvalue weighted by Gasteiger charge is -2.29. The van der Waals surface area contributed by atoms with Crippen LogP contribution in [-0.2, 0) is 16.1 Å². The number of rotatable bonds is 4. The third-order valence-corrected chi connectivity index (χ3v) is 3.46. The fourth-order valence-electron chi connectivity index (χ4n) is 2.27. The molecule has 2 rings (SSSR count). The summed E-state index contributed by atoms with van der Waals surface area (Å²) in [5.74, 6) is -1.78. The zero-order valence-electron chi connectivity index (χ0n) is 12.0. The van der Waals surface area contributed by atoms with Gasteiger partial charge in [-0.15, -0.1) is 0 Å². The maximum absolute atomic E-state index is 13.1. The molecule has 1 N–H and O–H groups in total. The Morgan fingerprint density at radius 2 is 2.09 bits per heavy atom. The first-order valence-electron chi connectivity index (χ1n) is 6.27. The molecular formula is C14H12ClF3O5. The van der Waals surface area contributed by atoms with E-state index in [1.165, 1.54) is 20.3 Å². The summed E-state index contributed by atoms with van der Waals surface area (Å²) in [6.07, 6.45) is -6.59. The van der Waals surface area contributed by atoms with E-state index >= 15 is 0 Å². The number of carboxylic acids is 1. The molecule has 0 aromatic heterocycles. The molecule has 0 radical (unpaired) electrons. The topological polar surface area (TPSA) is 65.0 Å². The standard InChI is InChI=1S/C14H12ClF3O5/c1-21-5-8-10-6(4-9(15)11(8)22-2)3-7(13(19)20)12(23-10)14(16,17)18/h3-4,12H,5H2,1-2H3,(H,19,20). The highest BCUT2D eigenvalue weighted by molar-refractivity contribution is 6.32. The highest BCUT2D eigenvalue weighted by atomic mass is 35.5. The molecule has 1 aliphatic rings. The van der Waals surface area contributed by atoms with Crippen LogP contribution in [0.25, 0.3) is 6.08 Å². The van der Waals surface area contributed by atoms with Gasteiger partial charge in [-0.05, 0) is 12.1 Å². The van der Waals surface area contributed by atoms with E-state index in [4.69, 9.17) is 30.9 Å². The summed E-state index contributed by atoms with van der Waals surface area (Å²) in [7, 11) is 2.64. The average Bonchev–Trinajstić information content (AvgIpc) is 2.45. The fraction of sp³-hybridized carbons (Fsp3) is 0.357. The quantitative estimate of drug-likeness (QED) is 0.900. The van der Waals surface area contributed by atoms with Crippen molar-refractivity contribution < 1.29 is 37.3 Å². The predicted molar refractivity (Wildman–Crippen MR) is 74.8 cm³/mol. The van der Waals surface area contributed by atoms with E-state index in [9.17, 15) is 18.0 Å². The van der Waals surface area contributed by atoms with E-state index in [0.29, 0.717) is 0 Å². The van der Waals surface area contributed by atoms with Crippen molar-refractivity contribution >= 4 is 23.6 Å². The molecule has 0 saturated heterocycles. The lowest BCUT2D eigenvalue weighted by molar-refractivity contribution is -0.187. The number of hydrogen-bond donors (Lipinski definition) is 1. The number of alkyl halides is 3. The molecule has 126 valence electrons. The van der Waals surface area contributed by atoms with Gasteiger partial charge >= 0.3 is 12.1 Å². The summed E-state index contributed by atoms with van der Waals surface area (Å²) in [6.45, 7) is -0.118. The molecular weight excluding hydrogens is 341 g/mol. The molecule has 9 heteroatoms. The van der Waals surface area contributed by atoms with E-state index in [1.54, 1.807) is 0 Å². The largest absolute Gasteiger partial charge is 0.495 e. The first-order valence-corrected chi connectivity index (χ1v) is 6.65. The van der Waals surface area contributed by atoms with Crippen LogP contribution in [0.2, 0.25) is 5.02 Å². The van der Waals surface area contributed by atoms with Crippen molar-refractivity contribution in [1.82, 2.24) is 0 Å². The van der Waals surface area contributed by atoms with Gasteiger partial charge in [-0.3, -0.25) is 0 Å². The maximum atomic E-state index is 13.1. The van der Waals surface area contributed by atoms with Crippen molar-refractivity contribution in [2.75, 3.05) is 14.2 Å². The second kappa shape index (κ2) is 6.29. The number of benzene rings is 1. The Kier molecular flexibility index (Phi) is 4.76. The van der Waals surface area contributed by atoms with E-state index in [0.717, 1.165) is 6.08 Å². The van der Waals surface area contributed by atoms with Gasteiger partial charge in [0, 0.05) is 12.7 Å². The monoisotopic (exact) mass is 352 g/mol. The van der Waals surface area contributed by atoms with Gasteiger partial charge < -0.3 is 19.3 Å². The molecule has 0 amide bonds. The van der Waals surface area contributed by atoms with Crippen molar-refractivity contribution in [2.45, 2.75) is 18.9 Å². The van der Waals surface area contributed by atoms with Gasteiger partial charge in [0.25, 0.3) is 0 Å². The molecule has 1 aromatic carbocycles. The van der Waals surface area contributed by atoms with Crippen molar-refractivity contribution in [2.24, 2.45) is 0 Å². The zero-order chi connectivity index (χ0) is 17.4. The Balaban J connectivity index is 2.70. The van der Waals surface area contributed by atoms with E-state index in [2.05, 4.69) is 0 Å². The van der Waals surface area contributed by atoms with Crippen LogP contribution in [0.4, 0.5) is 13.2 Å². The molecule has 0 bridgehead atoms. The summed E-state index contributed by atoms with van der Waals surface area (Å²) in [5.41, 5.74) is -0.636. The van der Waals surface area contributed by atoms with Crippen molar-refractivity contribution in [3.8, 4) is 11.5 Å². The van der Waals surface area contributed by atoms with Gasteiger partial charge in [-0.25, -0.2) is 4.79 Å². The average molecular weight is 353 g/mol. The minimum absolute atomic E-state index is 0.105. The Morgan fingerprint density at radius 3 is 2.57 bits per heavy atom. The lowest BCUT2D eigenvalue weighted by Crippen LogP contribution is -2.40. The normalized spacial score (nSPS) is 17.1. The Bertz CT molecular complexity index is 669. The minimum Gasteiger partial charge on any atom is -0.495 e. The van der Waals surface area contributed by atoms with Crippen LogP contribution in [0, 0.1) is 0 Å². The highest BCUT2D eigenvalue weighted by Gasteiger charge is 2.49. The molecule has 1 atom stereocenters. The van der Waals surface area contributed by atoms with Crippen LogP contribution in [0.1, 0.15) is 11.1 Å². The molecule has 0 aliphatic carbocycles. The second-order valence-corrected chi connectivity index (χ2v) is 5.07. The highest BCUT2D eigenvalue weighted by Crippen LogP contribution is 2.45. The Labute approximate surface area is 134 Å². The SMILES string of the molecule is COCc1c(OC)c(Cl)cc2c1OC(C(F)(F)F)C(C(=O)O)=C2. The second-order valence-electron chi connectivity index (χ2n) is 4.67. The number of ether oxygens (including phenoxy) is 3. The number of fused-ring (bicyclic) bond motifs is 1. The summed E-state index contributed by atoms with van der Waals surface area (Å²) in [6, 6.07) is 1.28. The third kappa shape index (κ3) is 3.23. The summed E-state index contributed by atoms with van der Waals surface area (Å²) < 4.78 is 54.3. The zero-order valence-corrected chi connectivity index (χ0v) is 12.8. The number of carbonyl (C=O) groups is 1. The van der Waals surface area contributed by atoms with Gasteiger partial charge in [-0.2, -0.15) is 13.2 Å². The van der Waals surface area contributed by atoms with Crippen molar-refractivity contribution in [3.63, 3.8) is 0 Å². The van der Waals surface area contributed by atoms with E-state index in [1.807, 2.05) is 0 Å². The van der Waals surface area contributed by atoms with E-state index < -0.39 is 23.8 Å². The molecule has 1 aromatic rings. The Hall–Kier alpha value is -1.93. The molecule has 0 fully saturated rings. The lowest BCUT2D eigenvalue weighted by atomic mass is 9.98. The predicted octanol–water partition coefficient (Wildman–Crippen LogP) is 3.29. The van der Waals surface area contributed by atoms with Gasteiger partial charge in [0.1, 0.15) is 11.5 Å². The van der Waals surface area contributed by atoms with Crippen LogP contribution in [-0.4, -0.2) is 37.6 Å². The Morgan fingerprint density at radius 1 is 1.43 bits per heavy atom.